The molecule has 2 N–H and O–H groups in total. The van der Waals surface area contributed by atoms with Crippen LogP contribution in [-0.2, 0) is 21.2 Å². The predicted octanol–water partition coefficient (Wildman–Crippen LogP) is 4.73. The molecule has 1 aromatic heterocycles. The first-order valence-electron chi connectivity index (χ1n) is 15.6. The summed E-state index contributed by atoms with van der Waals surface area (Å²) in [6.45, 7) is 7.10. The Morgan fingerprint density at radius 2 is 1.72 bits per heavy atom. The minimum atomic E-state index is -3.15. The Labute approximate surface area is 259 Å². The molecule has 232 valence electrons. The number of piperazine rings is 1. The fraction of sp³-hybridized carbons (Fsp3) is 0.515. The second-order valence-electron chi connectivity index (χ2n) is 12.0. The molecule has 2 aliphatic rings. The highest BCUT2D eigenvalue weighted by molar-refractivity contribution is 7.89. The maximum Gasteiger partial charge on any atom is 0.262 e. The average molecular weight is 625 g/mol. The van der Waals surface area contributed by atoms with Gasteiger partial charge in [0.15, 0.2) is 0 Å². The van der Waals surface area contributed by atoms with Gasteiger partial charge < -0.3 is 15.5 Å². The normalized spacial score (nSPS) is 18.5. The van der Waals surface area contributed by atoms with Crippen molar-refractivity contribution < 1.29 is 18.0 Å². The zero-order chi connectivity index (χ0) is 30.5. The van der Waals surface area contributed by atoms with Crippen molar-refractivity contribution in [2.45, 2.75) is 70.4 Å². The number of amides is 2. The van der Waals surface area contributed by atoms with Crippen LogP contribution in [0.25, 0.3) is 10.1 Å². The highest BCUT2D eigenvalue weighted by Gasteiger charge is 2.43. The van der Waals surface area contributed by atoms with Gasteiger partial charge in [-0.15, -0.1) is 11.3 Å². The van der Waals surface area contributed by atoms with Crippen LogP contribution in [0.1, 0.15) is 66.2 Å². The van der Waals surface area contributed by atoms with Crippen molar-refractivity contribution in [2.75, 3.05) is 38.5 Å². The van der Waals surface area contributed by atoms with Crippen molar-refractivity contribution >= 4 is 43.3 Å². The van der Waals surface area contributed by atoms with E-state index in [2.05, 4.69) is 33.7 Å². The number of carbonyl (C=O) groups excluding carboxylic acids is 2. The van der Waals surface area contributed by atoms with Gasteiger partial charge in [-0.25, -0.2) is 8.42 Å². The van der Waals surface area contributed by atoms with Crippen molar-refractivity contribution in [3.05, 3.63) is 70.6 Å². The summed E-state index contributed by atoms with van der Waals surface area (Å²) < 4.78 is 27.1. The fourth-order valence-corrected chi connectivity index (χ4v) is 8.48. The Morgan fingerprint density at radius 3 is 2.42 bits per heavy atom. The Kier molecular flexibility index (Phi) is 10.2. The van der Waals surface area contributed by atoms with Crippen LogP contribution in [-0.4, -0.2) is 79.5 Å². The highest BCUT2D eigenvalue weighted by Crippen LogP contribution is 2.32. The zero-order valence-corrected chi connectivity index (χ0v) is 26.9. The van der Waals surface area contributed by atoms with Crippen molar-refractivity contribution in [1.82, 2.24) is 19.8 Å². The molecule has 1 saturated carbocycles. The number of thiophene rings is 1. The van der Waals surface area contributed by atoms with Crippen LogP contribution in [0.4, 0.5) is 0 Å². The smallest absolute Gasteiger partial charge is 0.262 e. The van der Waals surface area contributed by atoms with Crippen LogP contribution >= 0.6 is 11.3 Å². The lowest BCUT2D eigenvalue weighted by Crippen LogP contribution is -2.59. The SMILES string of the molecule is CCS(=O)(=O)N1CCN(CCC[C@@H](Cc2ccccc2)NC(=O)C2(NC(=O)c3cc4ccc(C)cc4s3)CCCC2)CC1. The number of benzene rings is 2. The molecule has 1 atom stereocenters. The summed E-state index contributed by atoms with van der Waals surface area (Å²) in [5.74, 6) is -0.131. The van der Waals surface area contributed by atoms with Crippen molar-refractivity contribution in [3.8, 4) is 0 Å². The molecule has 3 aromatic rings. The summed E-state index contributed by atoms with van der Waals surface area (Å²) in [6.07, 6.45) is 5.49. The minimum Gasteiger partial charge on any atom is -0.351 e. The topological polar surface area (TPSA) is 98.8 Å². The first kappa shape index (κ1) is 31.6. The molecule has 43 heavy (non-hydrogen) atoms. The van der Waals surface area contributed by atoms with E-state index in [0.29, 0.717) is 30.8 Å². The molecule has 0 bridgehead atoms. The number of hydrogen-bond acceptors (Lipinski definition) is 6. The standard InChI is InChI=1S/C33H44N4O4S2/c1-3-43(40,41)37-20-18-36(19-21-37)17-9-12-28(23-26-10-5-4-6-11-26)34-32(39)33(15-7-8-16-33)35-31(38)30-24-27-14-13-25(2)22-29(27)42-30/h4-6,10-11,13-14,22,24,28H,3,7-9,12,15-21,23H2,1-2H3,(H,34,39)(H,35,38)/t28-/m0/s1. The summed E-state index contributed by atoms with van der Waals surface area (Å²) in [6, 6.07) is 18.2. The summed E-state index contributed by atoms with van der Waals surface area (Å²) in [7, 11) is -3.15. The van der Waals surface area contributed by atoms with Crippen LogP contribution in [0.15, 0.2) is 54.6 Å². The number of nitrogens with one attached hydrogen (secondary N) is 2. The van der Waals surface area contributed by atoms with Gasteiger partial charge in [0.2, 0.25) is 15.9 Å². The first-order chi connectivity index (χ1) is 20.7. The molecule has 0 unspecified atom stereocenters. The molecule has 1 saturated heterocycles. The summed E-state index contributed by atoms with van der Waals surface area (Å²) >= 11 is 1.47. The molecular weight excluding hydrogens is 581 g/mol. The number of nitrogens with zero attached hydrogens (tertiary/aromatic N) is 2. The van der Waals surface area contributed by atoms with Crippen molar-refractivity contribution in [1.29, 1.82) is 0 Å². The van der Waals surface area contributed by atoms with E-state index in [-0.39, 0.29) is 23.6 Å². The summed E-state index contributed by atoms with van der Waals surface area (Å²) in [5, 5.41) is 7.58. The highest BCUT2D eigenvalue weighted by atomic mass is 32.2. The predicted molar refractivity (Wildman–Crippen MR) is 174 cm³/mol. The van der Waals surface area contributed by atoms with Crippen LogP contribution in [0.3, 0.4) is 0 Å². The van der Waals surface area contributed by atoms with E-state index < -0.39 is 15.6 Å². The van der Waals surface area contributed by atoms with E-state index in [1.165, 1.54) is 11.3 Å². The van der Waals surface area contributed by atoms with E-state index >= 15 is 0 Å². The van der Waals surface area contributed by atoms with E-state index in [4.69, 9.17) is 0 Å². The third-order valence-corrected chi connectivity index (χ3v) is 11.9. The summed E-state index contributed by atoms with van der Waals surface area (Å²) in [4.78, 5) is 30.4. The molecule has 10 heteroatoms. The van der Waals surface area contributed by atoms with Gasteiger partial charge in [-0.2, -0.15) is 4.31 Å². The molecule has 2 heterocycles. The van der Waals surface area contributed by atoms with Gasteiger partial charge in [-0.3, -0.25) is 9.59 Å². The first-order valence-corrected chi connectivity index (χ1v) is 18.0. The molecule has 5 rings (SSSR count). The Hall–Kier alpha value is -2.79. The second-order valence-corrected chi connectivity index (χ2v) is 15.4. The van der Waals surface area contributed by atoms with E-state index in [1.807, 2.05) is 43.3 Å². The second kappa shape index (κ2) is 13.9. The van der Waals surface area contributed by atoms with Gasteiger partial charge in [0, 0.05) is 36.9 Å². The average Bonchev–Trinajstić information content (AvgIpc) is 3.66. The molecular formula is C33H44N4O4S2. The Bertz CT molecular complexity index is 1510. The van der Waals surface area contributed by atoms with E-state index in [0.717, 1.165) is 73.0 Å². The number of carbonyl (C=O) groups is 2. The molecule has 0 spiro atoms. The maximum absolute atomic E-state index is 14.0. The van der Waals surface area contributed by atoms with Crippen molar-refractivity contribution in [2.24, 2.45) is 0 Å². The Morgan fingerprint density at radius 1 is 1.00 bits per heavy atom. The van der Waals surface area contributed by atoms with Gasteiger partial charge >= 0.3 is 0 Å². The number of sulfonamides is 1. The van der Waals surface area contributed by atoms with Gasteiger partial charge in [-0.1, -0.05) is 55.3 Å². The maximum atomic E-state index is 14.0. The number of aryl methyl sites for hydroxylation is 1. The lowest BCUT2D eigenvalue weighted by Gasteiger charge is -2.34. The molecule has 2 fully saturated rings. The number of fused-ring (bicyclic) bond motifs is 1. The van der Waals surface area contributed by atoms with Crippen LogP contribution < -0.4 is 10.6 Å². The monoisotopic (exact) mass is 624 g/mol. The number of rotatable bonds is 12. The van der Waals surface area contributed by atoms with Crippen LogP contribution in [0.2, 0.25) is 0 Å². The number of hydrogen-bond donors (Lipinski definition) is 2. The van der Waals surface area contributed by atoms with E-state index in [1.54, 1.807) is 11.2 Å². The molecule has 2 aromatic carbocycles. The van der Waals surface area contributed by atoms with E-state index in [9.17, 15) is 18.0 Å². The molecule has 0 radical (unpaired) electrons. The van der Waals surface area contributed by atoms with Crippen LogP contribution in [0.5, 0.6) is 0 Å². The lowest BCUT2D eigenvalue weighted by molar-refractivity contribution is -0.128. The molecule has 1 aliphatic heterocycles. The molecule has 2 amide bonds. The lowest BCUT2D eigenvalue weighted by atomic mass is 9.94. The molecule has 1 aliphatic carbocycles. The van der Waals surface area contributed by atoms with Gasteiger partial charge in [0.1, 0.15) is 5.54 Å². The zero-order valence-electron chi connectivity index (χ0n) is 25.3. The van der Waals surface area contributed by atoms with Crippen LogP contribution in [0, 0.1) is 6.92 Å². The fourth-order valence-electron chi connectivity index (χ4n) is 6.34. The van der Waals surface area contributed by atoms with Gasteiger partial charge in [0.05, 0.1) is 10.6 Å². The third kappa shape index (κ3) is 7.84. The Balaban J connectivity index is 1.23. The molecule has 8 nitrogen and oxygen atoms in total. The quantitative estimate of drug-likeness (QED) is 0.304. The summed E-state index contributed by atoms with van der Waals surface area (Å²) in [5.41, 5.74) is 1.42. The van der Waals surface area contributed by atoms with Gasteiger partial charge in [0.25, 0.3) is 5.91 Å². The van der Waals surface area contributed by atoms with Crippen molar-refractivity contribution in [3.63, 3.8) is 0 Å². The largest absolute Gasteiger partial charge is 0.351 e. The third-order valence-electron chi connectivity index (χ3n) is 8.92. The minimum absolute atomic E-state index is 0.0710. The van der Waals surface area contributed by atoms with Gasteiger partial charge in [-0.05, 0) is 81.1 Å².